The van der Waals surface area contributed by atoms with Crippen molar-refractivity contribution in [2.75, 3.05) is 0 Å². The molecule has 2 aromatic carbocycles. The highest BCUT2D eigenvalue weighted by molar-refractivity contribution is 6.30. The van der Waals surface area contributed by atoms with E-state index in [9.17, 15) is 32.3 Å². The molecule has 0 fully saturated rings. The largest absolute Gasteiger partial charge is 0.416 e. The summed E-state index contributed by atoms with van der Waals surface area (Å²) >= 11 is 5.88. The van der Waals surface area contributed by atoms with Crippen LogP contribution >= 0.6 is 11.6 Å². The van der Waals surface area contributed by atoms with Crippen molar-refractivity contribution in [3.63, 3.8) is 0 Å². The topological polar surface area (TPSA) is 108 Å². The van der Waals surface area contributed by atoms with Crippen molar-refractivity contribution in [2.45, 2.75) is 32.3 Å². The van der Waals surface area contributed by atoms with E-state index >= 15 is 0 Å². The van der Waals surface area contributed by atoms with Gasteiger partial charge in [0.15, 0.2) is 29.4 Å². The van der Waals surface area contributed by atoms with Crippen molar-refractivity contribution in [1.29, 1.82) is 0 Å². The van der Waals surface area contributed by atoms with Crippen molar-refractivity contribution >= 4 is 17.4 Å². The molecule has 1 N–H and O–H groups in total. The van der Waals surface area contributed by atoms with E-state index in [0.717, 1.165) is 15.4 Å². The summed E-state index contributed by atoms with van der Waals surface area (Å²) in [6, 6.07) is 11.1. The number of aliphatic hydroxyl groups is 1. The van der Waals surface area contributed by atoms with E-state index in [-0.39, 0.29) is 28.7 Å². The van der Waals surface area contributed by atoms with Gasteiger partial charge in [0.25, 0.3) is 0 Å². The fourth-order valence-corrected chi connectivity index (χ4v) is 3.49. The first-order chi connectivity index (χ1) is 16.9. The van der Waals surface area contributed by atoms with Crippen LogP contribution in [0.2, 0.25) is 5.02 Å². The first-order valence-corrected chi connectivity index (χ1v) is 10.7. The molecule has 0 aliphatic carbocycles. The van der Waals surface area contributed by atoms with E-state index in [1.54, 1.807) is 0 Å². The van der Waals surface area contributed by atoms with Crippen LogP contribution in [-0.2, 0) is 13.1 Å². The molecule has 0 radical (unpaired) electrons. The predicted molar refractivity (Wildman–Crippen MR) is 119 cm³/mol. The molecule has 14 heteroatoms. The van der Waals surface area contributed by atoms with Crippen LogP contribution in [0.15, 0.2) is 53.3 Å². The number of halogens is 5. The lowest BCUT2D eigenvalue weighted by atomic mass is 10.2. The Morgan fingerprint density at radius 1 is 1.14 bits per heavy atom. The summed E-state index contributed by atoms with van der Waals surface area (Å²) in [7, 11) is 0. The zero-order chi connectivity index (χ0) is 26.2. The number of rotatable bonds is 7. The SMILES string of the molecule is CC(=O)c1nc(Cn2nc(-c3ccc(Cl)cc3)n(C[C@H](O)C(F)(F)F)c2=O)nn1-c1cccc(F)c1. The number of carbonyl (C=O) groups is 1. The summed E-state index contributed by atoms with van der Waals surface area (Å²) in [5.41, 5.74) is -0.506. The molecule has 4 rings (SSSR count). The van der Waals surface area contributed by atoms with E-state index < -0.39 is 42.7 Å². The molecule has 1 atom stereocenters. The van der Waals surface area contributed by atoms with Crippen LogP contribution in [0.4, 0.5) is 17.6 Å². The zero-order valence-corrected chi connectivity index (χ0v) is 19.2. The number of hydrogen-bond acceptors (Lipinski definition) is 6. The van der Waals surface area contributed by atoms with Crippen LogP contribution in [0.5, 0.6) is 0 Å². The Morgan fingerprint density at radius 2 is 1.83 bits per heavy atom. The predicted octanol–water partition coefficient (Wildman–Crippen LogP) is 3.26. The van der Waals surface area contributed by atoms with Gasteiger partial charge in [0, 0.05) is 17.5 Å². The molecular formula is C22H17ClF4N6O3. The van der Waals surface area contributed by atoms with Gasteiger partial charge < -0.3 is 5.11 Å². The molecular weight excluding hydrogens is 508 g/mol. The molecule has 188 valence electrons. The van der Waals surface area contributed by atoms with Gasteiger partial charge in [0.2, 0.25) is 0 Å². The third-order valence-corrected chi connectivity index (χ3v) is 5.32. The Hall–Kier alpha value is -3.84. The van der Waals surface area contributed by atoms with Gasteiger partial charge in [-0.3, -0.25) is 9.36 Å². The number of aromatic nitrogens is 6. The van der Waals surface area contributed by atoms with Gasteiger partial charge in [-0.1, -0.05) is 17.7 Å². The maximum absolute atomic E-state index is 13.7. The highest BCUT2D eigenvalue weighted by atomic mass is 35.5. The number of nitrogens with zero attached hydrogens (tertiary/aromatic N) is 6. The summed E-state index contributed by atoms with van der Waals surface area (Å²) < 4.78 is 55.4. The first-order valence-electron chi connectivity index (χ1n) is 10.3. The Balaban J connectivity index is 1.77. The van der Waals surface area contributed by atoms with Crippen molar-refractivity contribution in [1.82, 2.24) is 29.1 Å². The summed E-state index contributed by atoms with van der Waals surface area (Å²) in [6.45, 7) is -0.303. The van der Waals surface area contributed by atoms with Crippen LogP contribution in [-0.4, -0.2) is 52.3 Å². The van der Waals surface area contributed by atoms with Crippen LogP contribution in [0, 0.1) is 5.82 Å². The molecule has 0 unspecified atom stereocenters. The van der Waals surface area contributed by atoms with Gasteiger partial charge in [-0.15, -0.1) is 10.2 Å². The van der Waals surface area contributed by atoms with Crippen molar-refractivity contribution in [2.24, 2.45) is 0 Å². The normalized spacial score (nSPS) is 12.6. The van der Waals surface area contributed by atoms with Gasteiger partial charge in [-0.25, -0.2) is 23.5 Å². The summed E-state index contributed by atoms with van der Waals surface area (Å²) in [5.74, 6) is -1.45. The summed E-state index contributed by atoms with van der Waals surface area (Å²) in [6.07, 6.45) is -7.80. The van der Waals surface area contributed by atoms with Crippen molar-refractivity contribution in [3.8, 4) is 17.1 Å². The number of ketones is 1. The Morgan fingerprint density at radius 3 is 2.44 bits per heavy atom. The third kappa shape index (κ3) is 5.21. The van der Waals surface area contributed by atoms with E-state index in [4.69, 9.17) is 11.6 Å². The molecule has 2 heterocycles. The van der Waals surface area contributed by atoms with Crippen molar-refractivity contribution in [3.05, 3.63) is 81.5 Å². The number of aliphatic hydroxyl groups excluding tert-OH is 1. The number of hydrogen-bond donors (Lipinski definition) is 1. The molecule has 0 aliphatic rings. The second-order valence-corrected chi connectivity index (χ2v) is 8.17. The average Bonchev–Trinajstić information content (AvgIpc) is 3.36. The van der Waals surface area contributed by atoms with Gasteiger partial charge >= 0.3 is 11.9 Å². The fourth-order valence-electron chi connectivity index (χ4n) is 3.37. The van der Waals surface area contributed by atoms with E-state index in [1.165, 1.54) is 49.4 Å². The Kier molecular flexibility index (Phi) is 6.78. The summed E-state index contributed by atoms with van der Waals surface area (Å²) in [5, 5.41) is 18.2. The molecule has 0 saturated heterocycles. The quantitative estimate of drug-likeness (QED) is 0.294. The molecule has 0 amide bonds. The minimum atomic E-state index is -4.97. The van der Waals surface area contributed by atoms with Crippen molar-refractivity contribution < 1.29 is 27.5 Å². The van der Waals surface area contributed by atoms with E-state index in [0.29, 0.717) is 9.59 Å². The van der Waals surface area contributed by atoms with Gasteiger partial charge in [-0.05, 0) is 42.5 Å². The molecule has 0 aliphatic heterocycles. The fraction of sp³-hybridized carbons (Fsp3) is 0.227. The molecule has 0 bridgehead atoms. The monoisotopic (exact) mass is 524 g/mol. The van der Waals surface area contributed by atoms with Gasteiger partial charge in [0.1, 0.15) is 12.4 Å². The highest BCUT2D eigenvalue weighted by Crippen LogP contribution is 2.24. The molecule has 4 aromatic rings. The lowest BCUT2D eigenvalue weighted by Crippen LogP contribution is -2.37. The molecule has 36 heavy (non-hydrogen) atoms. The smallest absolute Gasteiger partial charge is 0.382 e. The lowest BCUT2D eigenvalue weighted by molar-refractivity contribution is -0.207. The Bertz CT molecular complexity index is 1480. The minimum absolute atomic E-state index is 0.0739. The minimum Gasteiger partial charge on any atom is -0.382 e. The van der Waals surface area contributed by atoms with Crippen LogP contribution < -0.4 is 5.69 Å². The molecule has 0 saturated carbocycles. The second kappa shape index (κ2) is 9.66. The number of carbonyl (C=O) groups excluding carboxylic acids is 1. The highest BCUT2D eigenvalue weighted by Gasteiger charge is 2.39. The molecule has 2 aromatic heterocycles. The molecule has 9 nitrogen and oxygen atoms in total. The lowest BCUT2D eigenvalue weighted by Gasteiger charge is -2.15. The zero-order valence-electron chi connectivity index (χ0n) is 18.4. The van der Waals surface area contributed by atoms with Gasteiger partial charge in [-0.2, -0.15) is 13.2 Å². The first kappa shape index (κ1) is 25.3. The second-order valence-electron chi connectivity index (χ2n) is 7.74. The third-order valence-electron chi connectivity index (χ3n) is 5.07. The number of benzene rings is 2. The van der Waals surface area contributed by atoms with Gasteiger partial charge in [0.05, 0.1) is 12.2 Å². The maximum atomic E-state index is 13.7. The Labute approximate surface area is 205 Å². The average molecular weight is 525 g/mol. The van der Waals surface area contributed by atoms with E-state index in [1.807, 2.05) is 0 Å². The number of alkyl halides is 3. The standard InChI is InChI=1S/C22H17ClF4N6O3/c1-12(34)19-28-18(29-33(19)16-4-2-3-15(24)9-16)11-32-21(36)31(10-17(35)22(25,26)27)20(30-32)13-5-7-14(23)8-6-13/h2-9,17,35H,10-11H2,1H3/t17-/m0/s1. The van der Waals surface area contributed by atoms with Crippen LogP contribution in [0.3, 0.4) is 0 Å². The maximum Gasteiger partial charge on any atom is 0.416 e. The van der Waals surface area contributed by atoms with Crippen LogP contribution in [0.1, 0.15) is 23.4 Å². The van der Waals surface area contributed by atoms with Crippen LogP contribution in [0.25, 0.3) is 17.1 Å². The summed E-state index contributed by atoms with van der Waals surface area (Å²) in [4.78, 5) is 29.2. The van der Waals surface area contributed by atoms with E-state index in [2.05, 4.69) is 15.2 Å². The number of Topliss-reactive ketones (excluding diaryl/α,β-unsaturated/α-hetero) is 1. The molecule has 0 spiro atoms.